The second kappa shape index (κ2) is 5.65. The number of pyridine rings is 1. The molecule has 8 nitrogen and oxygen atoms in total. The van der Waals surface area contributed by atoms with Crippen LogP contribution in [0.15, 0.2) is 24.4 Å². The van der Waals surface area contributed by atoms with Crippen LogP contribution in [0, 0.1) is 0 Å². The number of hydrogen-bond donors (Lipinski definition) is 2. The van der Waals surface area contributed by atoms with Crippen molar-refractivity contribution in [1.82, 2.24) is 20.2 Å². The molecule has 19 heavy (non-hydrogen) atoms. The molecule has 0 spiro atoms. The summed E-state index contributed by atoms with van der Waals surface area (Å²) in [6.07, 6.45) is 1.94. The molecule has 0 aliphatic carbocycles. The molecule has 2 aromatic rings. The summed E-state index contributed by atoms with van der Waals surface area (Å²) in [4.78, 5) is 7.83. The van der Waals surface area contributed by atoms with E-state index in [0.29, 0.717) is 12.1 Å². The van der Waals surface area contributed by atoms with Gasteiger partial charge in [0.15, 0.2) is 0 Å². The fourth-order valence-corrected chi connectivity index (χ4v) is 2.33. The van der Waals surface area contributed by atoms with Crippen LogP contribution in [0.5, 0.6) is 6.01 Å². The molecule has 0 saturated carbocycles. The highest BCUT2D eigenvalue weighted by molar-refractivity contribution is 7.92. The second-order valence-corrected chi connectivity index (χ2v) is 5.50. The minimum absolute atomic E-state index is 0.0258. The third-order valence-corrected chi connectivity index (χ3v) is 3.50. The SMILES string of the molecule is COc1n[nH]c(NS(=O)(=O)CCc2ccccn2)n1. The van der Waals surface area contributed by atoms with Crippen LogP contribution in [0.4, 0.5) is 5.95 Å². The van der Waals surface area contributed by atoms with Crippen molar-refractivity contribution < 1.29 is 13.2 Å². The summed E-state index contributed by atoms with van der Waals surface area (Å²) in [7, 11) is -2.12. The maximum Gasteiger partial charge on any atom is 0.336 e. The van der Waals surface area contributed by atoms with Crippen LogP contribution in [-0.4, -0.2) is 41.4 Å². The number of aryl methyl sites for hydroxylation is 1. The number of sulfonamides is 1. The third-order valence-electron chi connectivity index (χ3n) is 2.25. The van der Waals surface area contributed by atoms with E-state index in [4.69, 9.17) is 4.74 Å². The Morgan fingerprint density at radius 1 is 1.42 bits per heavy atom. The second-order valence-electron chi connectivity index (χ2n) is 3.66. The van der Waals surface area contributed by atoms with Crippen LogP contribution in [0.1, 0.15) is 5.69 Å². The van der Waals surface area contributed by atoms with Gasteiger partial charge in [0.1, 0.15) is 0 Å². The number of ether oxygens (including phenoxy) is 1. The summed E-state index contributed by atoms with van der Waals surface area (Å²) in [5, 5.41) is 6.06. The summed E-state index contributed by atoms with van der Waals surface area (Å²) >= 11 is 0. The van der Waals surface area contributed by atoms with Crippen LogP contribution < -0.4 is 9.46 Å². The van der Waals surface area contributed by atoms with Gasteiger partial charge in [0.05, 0.1) is 12.9 Å². The predicted molar refractivity (Wildman–Crippen MR) is 68.3 cm³/mol. The van der Waals surface area contributed by atoms with Crippen molar-refractivity contribution >= 4 is 16.0 Å². The molecular formula is C10H13N5O3S. The van der Waals surface area contributed by atoms with Crippen LogP contribution in [0.25, 0.3) is 0 Å². The Bertz CT molecular complexity index is 626. The highest BCUT2D eigenvalue weighted by Crippen LogP contribution is 2.07. The van der Waals surface area contributed by atoms with Gasteiger partial charge in [0.2, 0.25) is 16.0 Å². The number of anilines is 1. The molecule has 0 atom stereocenters. The van der Waals surface area contributed by atoms with Gasteiger partial charge in [-0.2, -0.15) is 4.98 Å². The van der Waals surface area contributed by atoms with E-state index < -0.39 is 10.0 Å². The maximum absolute atomic E-state index is 11.8. The van der Waals surface area contributed by atoms with Crippen LogP contribution in [0.3, 0.4) is 0 Å². The van der Waals surface area contributed by atoms with Crippen molar-refractivity contribution in [3.8, 4) is 6.01 Å². The topological polar surface area (TPSA) is 110 Å². The number of hydrogen-bond acceptors (Lipinski definition) is 6. The Morgan fingerprint density at radius 3 is 2.89 bits per heavy atom. The van der Waals surface area contributed by atoms with Crippen LogP contribution in [0.2, 0.25) is 0 Å². The average Bonchev–Trinajstić information content (AvgIpc) is 2.85. The molecule has 0 saturated heterocycles. The fourth-order valence-electron chi connectivity index (χ4n) is 1.37. The summed E-state index contributed by atoms with van der Waals surface area (Å²) in [6, 6.07) is 5.43. The minimum atomic E-state index is -3.51. The van der Waals surface area contributed by atoms with E-state index in [1.807, 2.05) is 6.07 Å². The van der Waals surface area contributed by atoms with Gasteiger partial charge < -0.3 is 4.74 Å². The number of rotatable bonds is 6. The Hall–Kier alpha value is -2.16. The van der Waals surface area contributed by atoms with E-state index in [0.717, 1.165) is 0 Å². The first-order valence-corrected chi connectivity index (χ1v) is 7.11. The third kappa shape index (κ3) is 3.91. The first-order chi connectivity index (χ1) is 9.09. The molecular weight excluding hydrogens is 270 g/mol. The average molecular weight is 283 g/mol. The highest BCUT2D eigenvalue weighted by atomic mass is 32.2. The number of methoxy groups -OCH3 is 1. The van der Waals surface area contributed by atoms with E-state index >= 15 is 0 Å². The van der Waals surface area contributed by atoms with Gasteiger partial charge in [-0.1, -0.05) is 6.07 Å². The lowest BCUT2D eigenvalue weighted by Gasteiger charge is -2.04. The van der Waals surface area contributed by atoms with Gasteiger partial charge in [-0.25, -0.2) is 13.5 Å². The smallest absolute Gasteiger partial charge is 0.336 e. The van der Waals surface area contributed by atoms with Crippen molar-refractivity contribution in [2.75, 3.05) is 17.6 Å². The summed E-state index contributed by atoms with van der Waals surface area (Å²) in [6.45, 7) is 0. The molecule has 0 bridgehead atoms. The maximum atomic E-state index is 11.8. The molecule has 0 radical (unpaired) electrons. The van der Waals surface area contributed by atoms with Gasteiger partial charge in [-0.3, -0.25) is 9.71 Å². The van der Waals surface area contributed by atoms with Gasteiger partial charge in [0.25, 0.3) is 0 Å². The Morgan fingerprint density at radius 2 is 2.26 bits per heavy atom. The number of nitrogens with zero attached hydrogens (tertiary/aromatic N) is 3. The predicted octanol–water partition coefficient (Wildman–Crippen LogP) is 0.193. The van der Waals surface area contributed by atoms with Gasteiger partial charge in [-0.05, 0) is 12.1 Å². The molecule has 2 aromatic heterocycles. The van der Waals surface area contributed by atoms with Gasteiger partial charge in [-0.15, -0.1) is 5.10 Å². The molecule has 2 heterocycles. The number of H-pyrrole nitrogens is 1. The quantitative estimate of drug-likeness (QED) is 0.783. The van der Waals surface area contributed by atoms with Crippen molar-refractivity contribution in [3.63, 3.8) is 0 Å². The Kier molecular flexibility index (Phi) is 3.95. The largest absolute Gasteiger partial charge is 0.466 e. The van der Waals surface area contributed by atoms with Gasteiger partial charge >= 0.3 is 6.01 Å². The van der Waals surface area contributed by atoms with Crippen LogP contribution in [-0.2, 0) is 16.4 Å². The van der Waals surface area contributed by atoms with Crippen molar-refractivity contribution in [3.05, 3.63) is 30.1 Å². The van der Waals surface area contributed by atoms with E-state index in [2.05, 4.69) is 24.9 Å². The molecule has 102 valence electrons. The first-order valence-electron chi connectivity index (χ1n) is 5.46. The van der Waals surface area contributed by atoms with E-state index in [9.17, 15) is 8.42 Å². The summed E-state index contributed by atoms with van der Waals surface area (Å²) in [5.74, 6) is -0.0644. The Balaban J connectivity index is 1.95. The molecule has 0 fully saturated rings. The lowest BCUT2D eigenvalue weighted by atomic mass is 10.3. The first kappa shape index (κ1) is 13.3. The number of aromatic nitrogens is 4. The zero-order valence-corrected chi connectivity index (χ0v) is 11.0. The normalized spacial score (nSPS) is 11.2. The van der Waals surface area contributed by atoms with Gasteiger partial charge in [0, 0.05) is 18.3 Å². The molecule has 0 unspecified atom stereocenters. The molecule has 9 heteroatoms. The van der Waals surface area contributed by atoms with Crippen molar-refractivity contribution in [2.45, 2.75) is 6.42 Å². The zero-order valence-electron chi connectivity index (χ0n) is 10.2. The van der Waals surface area contributed by atoms with E-state index in [1.165, 1.54) is 7.11 Å². The number of aromatic amines is 1. The van der Waals surface area contributed by atoms with E-state index in [-0.39, 0.29) is 17.7 Å². The summed E-state index contributed by atoms with van der Waals surface area (Å²) < 4.78 is 30.6. The standard InChI is InChI=1S/C10H13N5O3S/c1-18-10-12-9(13-14-10)15-19(16,17)7-5-8-4-2-3-6-11-8/h2-4,6H,5,7H2,1H3,(H2,12,13,14,15). The fraction of sp³-hybridized carbons (Fsp3) is 0.300. The Labute approximate surface area is 110 Å². The monoisotopic (exact) mass is 283 g/mol. The molecule has 0 aliphatic rings. The highest BCUT2D eigenvalue weighted by Gasteiger charge is 2.14. The lowest BCUT2D eigenvalue weighted by Crippen LogP contribution is -2.19. The van der Waals surface area contributed by atoms with E-state index in [1.54, 1.807) is 18.3 Å². The van der Waals surface area contributed by atoms with Crippen molar-refractivity contribution in [1.29, 1.82) is 0 Å². The van der Waals surface area contributed by atoms with Crippen LogP contribution >= 0.6 is 0 Å². The van der Waals surface area contributed by atoms with Crippen molar-refractivity contribution in [2.24, 2.45) is 0 Å². The number of nitrogens with one attached hydrogen (secondary N) is 2. The molecule has 0 amide bonds. The summed E-state index contributed by atoms with van der Waals surface area (Å²) in [5.41, 5.74) is 0.711. The molecule has 2 N–H and O–H groups in total. The molecule has 0 aliphatic heterocycles. The minimum Gasteiger partial charge on any atom is -0.466 e. The molecule has 2 rings (SSSR count). The molecule has 0 aromatic carbocycles. The lowest BCUT2D eigenvalue weighted by molar-refractivity contribution is 0.382. The zero-order chi connectivity index (χ0) is 13.7.